The van der Waals surface area contributed by atoms with Crippen LogP contribution in [0.1, 0.15) is 46.3 Å². The van der Waals surface area contributed by atoms with Gasteiger partial charge in [0.1, 0.15) is 12.0 Å². The van der Waals surface area contributed by atoms with Crippen molar-refractivity contribution in [1.82, 2.24) is 38.9 Å². The molecule has 0 unspecified atom stereocenters. The Morgan fingerprint density at radius 3 is 2.91 bits per heavy atom. The molecule has 9 nitrogen and oxygen atoms in total. The van der Waals surface area contributed by atoms with Crippen LogP contribution in [0.3, 0.4) is 0 Å². The third-order valence-corrected chi connectivity index (χ3v) is 5.87. The van der Waals surface area contributed by atoms with Crippen LogP contribution in [0, 0.1) is 0 Å². The molecule has 0 aromatic carbocycles. The van der Waals surface area contributed by atoms with Gasteiger partial charge in [-0.1, -0.05) is 17.7 Å². The summed E-state index contributed by atoms with van der Waals surface area (Å²) < 4.78 is 5.52. The summed E-state index contributed by atoms with van der Waals surface area (Å²) in [6.45, 7) is 0.685. The maximum absolute atomic E-state index is 12.5. The van der Waals surface area contributed by atoms with E-state index in [0.29, 0.717) is 17.5 Å². The van der Waals surface area contributed by atoms with Crippen LogP contribution < -0.4 is 5.32 Å². The molecule has 0 saturated heterocycles. The van der Waals surface area contributed by atoms with Crippen molar-refractivity contribution in [1.29, 1.82) is 0 Å². The van der Waals surface area contributed by atoms with Gasteiger partial charge in [-0.15, -0.1) is 5.10 Å². The minimum atomic E-state index is -0.365. The summed E-state index contributed by atoms with van der Waals surface area (Å²) in [5.41, 5.74) is 4.67. The van der Waals surface area contributed by atoms with Crippen LogP contribution in [0.15, 0.2) is 55.5 Å². The second-order valence-electron chi connectivity index (χ2n) is 8.01. The average molecular weight is 447 g/mol. The topological polar surface area (TPSA) is 94.4 Å². The number of aromatic nitrogens is 7. The summed E-state index contributed by atoms with van der Waals surface area (Å²) in [5, 5.41) is 7.74. The molecule has 5 heterocycles. The fourth-order valence-electron chi connectivity index (χ4n) is 3.83. The fraction of sp³-hybridized carbons (Fsp3) is 0.227. The van der Waals surface area contributed by atoms with Gasteiger partial charge in [0.15, 0.2) is 0 Å². The molecule has 160 valence electrons. The summed E-state index contributed by atoms with van der Waals surface area (Å²) in [7, 11) is 0. The molecule has 5 aromatic heterocycles. The second kappa shape index (κ2) is 7.45. The van der Waals surface area contributed by atoms with Crippen LogP contribution in [-0.2, 0) is 13.1 Å². The van der Waals surface area contributed by atoms with Gasteiger partial charge in [-0.05, 0) is 42.5 Å². The molecular formula is C22H19ClN8O. The normalized spacial score (nSPS) is 13.8. The minimum Gasteiger partial charge on any atom is -0.344 e. The Morgan fingerprint density at radius 1 is 1.12 bits per heavy atom. The van der Waals surface area contributed by atoms with Crippen molar-refractivity contribution in [2.75, 3.05) is 0 Å². The molecule has 0 atom stereocenters. The van der Waals surface area contributed by atoms with Crippen LogP contribution in [0.2, 0.25) is 5.02 Å². The van der Waals surface area contributed by atoms with Gasteiger partial charge >= 0.3 is 0 Å². The van der Waals surface area contributed by atoms with E-state index in [2.05, 4.69) is 42.0 Å². The highest BCUT2D eigenvalue weighted by atomic mass is 35.5. The van der Waals surface area contributed by atoms with E-state index < -0.39 is 0 Å². The van der Waals surface area contributed by atoms with E-state index in [-0.39, 0.29) is 18.3 Å². The molecule has 1 aliphatic carbocycles. The number of pyridine rings is 2. The number of carbonyl (C=O) groups is 1. The van der Waals surface area contributed by atoms with Gasteiger partial charge < -0.3 is 14.1 Å². The zero-order valence-corrected chi connectivity index (χ0v) is 17.8. The highest BCUT2D eigenvalue weighted by molar-refractivity contribution is 6.30. The van der Waals surface area contributed by atoms with E-state index in [4.69, 9.17) is 11.6 Å². The van der Waals surface area contributed by atoms with E-state index in [1.165, 1.54) is 18.4 Å². The molecule has 1 aliphatic rings. The lowest BCUT2D eigenvalue weighted by molar-refractivity contribution is 0.0940. The summed E-state index contributed by atoms with van der Waals surface area (Å²) in [6, 6.07) is 7.79. The molecule has 32 heavy (non-hydrogen) atoms. The van der Waals surface area contributed by atoms with Crippen LogP contribution in [0.5, 0.6) is 0 Å². The summed E-state index contributed by atoms with van der Waals surface area (Å²) in [6.07, 6.45) is 11.7. The molecule has 0 bridgehead atoms. The Morgan fingerprint density at radius 2 is 2.03 bits per heavy atom. The number of fused-ring (bicyclic) bond motifs is 2. The van der Waals surface area contributed by atoms with Crippen LogP contribution in [0.4, 0.5) is 0 Å². The standard InChI is InChI=1S/C22H19ClN8O/c23-16-5-6-29-12-25-18(19(29)7-16)8-24-22(32)21-26-13-31(28-21)11-17-10-30-9-15(14-1-2-14)3-4-20(30)27-17/h3-7,9-10,12-14H,1-2,8,11H2,(H,24,32). The van der Waals surface area contributed by atoms with Crippen molar-refractivity contribution in [3.05, 3.63) is 83.3 Å². The highest BCUT2D eigenvalue weighted by Gasteiger charge is 2.23. The number of carbonyl (C=O) groups excluding carboxylic acids is 1. The van der Waals surface area contributed by atoms with Gasteiger partial charge in [-0.25, -0.2) is 19.6 Å². The molecule has 5 aromatic rings. The van der Waals surface area contributed by atoms with Gasteiger partial charge in [0.2, 0.25) is 5.82 Å². The number of hydrogen-bond donors (Lipinski definition) is 1. The van der Waals surface area contributed by atoms with Crippen LogP contribution in [-0.4, -0.2) is 39.4 Å². The monoisotopic (exact) mass is 446 g/mol. The van der Waals surface area contributed by atoms with Crippen molar-refractivity contribution >= 4 is 28.7 Å². The molecule has 10 heteroatoms. The van der Waals surface area contributed by atoms with Crippen molar-refractivity contribution in [3.63, 3.8) is 0 Å². The Balaban J connectivity index is 1.13. The van der Waals surface area contributed by atoms with Crippen molar-refractivity contribution < 1.29 is 4.79 Å². The van der Waals surface area contributed by atoms with E-state index in [0.717, 1.165) is 22.6 Å². The maximum atomic E-state index is 12.5. The third kappa shape index (κ3) is 3.60. The number of imidazole rings is 2. The van der Waals surface area contributed by atoms with Crippen LogP contribution in [0.25, 0.3) is 11.2 Å². The third-order valence-electron chi connectivity index (χ3n) is 5.63. The number of halogens is 1. The lowest BCUT2D eigenvalue weighted by Crippen LogP contribution is -2.24. The average Bonchev–Trinajstić information content (AvgIpc) is 3.21. The Labute approximate surface area is 187 Å². The fourth-order valence-corrected chi connectivity index (χ4v) is 3.99. The van der Waals surface area contributed by atoms with Gasteiger partial charge in [0.25, 0.3) is 5.91 Å². The molecule has 1 saturated carbocycles. The zero-order chi connectivity index (χ0) is 21.7. The molecule has 6 rings (SSSR count). The quantitative estimate of drug-likeness (QED) is 0.432. The van der Waals surface area contributed by atoms with Gasteiger partial charge in [-0.3, -0.25) is 4.79 Å². The summed E-state index contributed by atoms with van der Waals surface area (Å²) in [4.78, 5) is 25.7. The number of nitrogens with zero attached hydrogens (tertiary/aromatic N) is 7. The molecule has 0 spiro atoms. The van der Waals surface area contributed by atoms with Gasteiger partial charge in [0, 0.05) is 23.6 Å². The minimum absolute atomic E-state index is 0.103. The zero-order valence-electron chi connectivity index (χ0n) is 17.0. The number of rotatable bonds is 6. The predicted octanol–water partition coefficient (Wildman–Crippen LogP) is 3.08. The number of amides is 1. The predicted molar refractivity (Wildman–Crippen MR) is 118 cm³/mol. The first-order valence-electron chi connectivity index (χ1n) is 10.4. The highest BCUT2D eigenvalue weighted by Crippen LogP contribution is 2.39. The van der Waals surface area contributed by atoms with Crippen molar-refractivity contribution in [3.8, 4) is 0 Å². The number of nitrogens with one attached hydrogen (secondary N) is 1. The summed E-state index contributed by atoms with van der Waals surface area (Å²) >= 11 is 6.07. The SMILES string of the molecule is O=C(NCc1ncn2ccc(Cl)cc12)c1ncn(Cc2cn3cc(C4CC4)ccc3n2)n1. The lowest BCUT2D eigenvalue weighted by Gasteiger charge is -2.01. The smallest absolute Gasteiger partial charge is 0.291 e. The van der Waals surface area contributed by atoms with Crippen molar-refractivity contribution in [2.45, 2.75) is 31.8 Å². The molecule has 0 aliphatic heterocycles. The molecule has 1 fully saturated rings. The second-order valence-corrected chi connectivity index (χ2v) is 8.45. The first kappa shape index (κ1) is 19.0. The molecule has 0 radical (unpaired) electrons. The van der Waals surface area contributed by atoms with Gasteiger partial charge in [0.05, 0.1) is 36.3 Å². The Hall–Kier alpha value is -3.72. The van der Waals surface area contributed by atoms with E-state index in [1.54, 1.807) is 23.4 Å². The molecule has 1 amide bonds. The number of hydrogen-bond acceptors (Lipinski definition) is 5. The first-order chi connectivity index (χ1) is 15.6. The maximum Gasteiger partial charge on any atom is 0.291 e. The van der Waals surface area contributed by atoms with E-state index in [1.807, 2.05) is 28.9 Å². The van der Waals surface area contributed by atoms with Crippen LogP contribution >= 0.6 is 11.6 Å². The van der Waals surface area contributed by atoms with E-state index in [9.17, 15) is 4.79 Å². The summed E-state index contributed by atoms with van der Waals surface area (Å²) in [5.74, 6) is 0.432. The Kier molecular flexibility index (Phi) is 4.43. The van der Waals surface area contributed by atoms with E-state index >= 15 is 0 Å². The Bertz CT molecular complexity index is 1460. The molecular weight excluding hydrogens is 428 g/mol. The van der Waals surface area contributed by atoms with Crippen molar-refractivity contribution in [2.24, 2.45) is 0 Å². The first-order valence-corrected chi connectivity index (χ1v) is 10.8. The lowest BCUT2D eigenvalue weighted by atomic mass is 10.2. The largest absolute Gasteiger partial charge is 0.344 e. The van der Waals surface area contributed by atoms with Gasteiger partial charge in [-0.2, -0.15) is 0 Å². The molecule has 1 N–H and O–H groups in total.